The molecule has 0 spiro atoms. The molecule has 20 heavy (non-hydrogen) atoms. The number of furan rings is 1. The third kappa shape index (κ3) is 3.03. The highest BCUT2D eigenvalue weighted by atomic mass is 32.2. The van der Waals surface area contributed by atoms with Crippen LogP contribution in [0.1, 0.15) is 11.3 Å². The van der Waals surface area contributed by atoms with Crippen LogP contribution in [-0.2, 0) is 16.4 Å². The minimum Gasteiger partial charge on any atom is -0.469 e. The Morgan fingerprint density at radius 1 is 1.25 bits per heavy atom. The minimum absolute atomic E-state index is 0.181. The van der Waals surface area contributed by atoms with Crippen molar-refractivity contribution in [2.75, 3.05) is 6.54 Å². The molecule has 0 unspecified atom stereocenters. The van der Waals surface area contributed by atoms with Crippen molar-refractivity contribution >= 4 is 10.0 Å². The minimum atomic E-state index is -3.67. The van der Waals surface area contributed by atoms with E-state index < -0.39 is 10.0 Å². The molecule has 1 heterocycles. The molecule has 4 nitrogen and oxygen atoms in total. The number of terminal acetylenes is 1. The van der Waals surface area contributed by atoms with Gasteiger partial charge in [0, 0.05) is 19.0 Å². The van der Waals surface area contributed by atoms with E-state index in [4.69, 9.17) is 10.8 Å². The van der Waals surface area contributed by atoms with Crippen LogP contribution in [-0.4, -0.2) is 19.3 Å². The van der Waals surface area contributed by atoms with Crippen molar-refractivity contribution in [1.82, 2.24) is 4.31 Å². The van der Waals surface area contributed by atoms with E-state index in [9.17, 15) is 8.42 Å². The molecule has 0 aliphatic carbocycles. The predicted molar refractivity (Wildman–Crippen MR) is 76.3 cm³/mol. The normalized spacial score (nSPS) is 11.0. The molecule has 0 radical (unpaired) electrons. The summed E-state index contributed by atoms with van der Waals surface area (Å²) in [6, 6.07) is 12.4. The van der Waals surface area contributed by atoms with E-state index in [-0.39, 0.29) is 11.4 Å². The first-order valence-electron chi connectivity index (χ1n) is 6.12. The smallest absolute Gasteiger partial charge is 0.270 e. The summed E-state index contributed by atoms with van der Waals surface area (Å²) in [5.74, 6) is 0.698. The van der Waals surface area contributed by atoms with Crippen molar-refractivity contribution in [3.63, 3.8) is 0 Å². The van der Waals surface area contributed by atoms with E-state index in [1.54, 1.807) is 42.7 Å². The average molecular weight is 289 g/mol. The van der Waals surface area contributed by atoms with Gasteiger partial charge in [-0.25, -0.2) is 12.7 Å². The Hall–Kier alpha value is -2.19. The van der Waals surface area contributed by atoms with E-state index >= 15 is 0 Å². The maximum Gasteiger partial charge on any atom is 0.270 e. The summed E-state index contributed by atoms with van der Waals surface area (Å²) in [5.41, 5.74) is 0.992. The zero-order chi connectivity index (χ0) is 14.6. The molecule has 0 N–H and O–H groups in total. The summed E-state index contributed by atoms with van der Waals surface area (Å²) in [5, 5.41) is 0. The van der Waals surface area contributed by atoms with Gasteiger partial charge in [-0.05, 0) is 31.2 Å². The van der Waals surface area contributed by atoms with Gasteiger partial charge in [-0.2, -0.15) is 0 Å². The number of aryl methyl sites for hydroxylation is 1. The largest absolute Gasteiger partial charge is 0.469 e. The van der Waals surface area contributed by atoms with Crippen LogP contribution >= 0.6 is 0 Å². The quantitative estimate of drug-likeness (QED) is 0.627. The topological polar surface area (TPSA) is 50.5 Å². The molecular formula is C15H15NO3S. The molecule has 1 aromatic carbocycles. The van der Waals surface area contributed by atoms with Crippen molar-refractivity contribution in [1.29, 1.82) is 0 Å². The first-order valence-corrected chi connectivity index (χ1v) is 7.56. The fourth-order valence-electron chi connectivity index (χ4n) is 1.76. The molecule has 2 aromatic rings. The van der Waals surface area contributed by atoms with Gasteiger partial charge in [-0.15, -0.1) is 0 Å². The summed E-state index contributed by atoms with van der Waals surface area (Å²) in [7, 11) is -3.67. The Bertz CT molecular complexity index is 695. The summed E-state index contributed by atoms with van der Waals surface area (Å²) < 4.78 is 30.9. The highest BCUT2D eigenvalue weighted by Crippen LogP contribution is 2.16. The van der Waals surface area contributed by atoms with Gasteiger partial charge in [-0.3, -0.25) is 0 Å². The second-order valence-electron chi connectivity index (χ2n) is 4.35. The standard InChI is InChI=1S/C15H15NO3S/c1-3-16(11-10-14-5-4-12-19-14)20(17,18)15-8-6-13(2)7-9-15/h1,4-9,12H,10-11H2,2H3. The predicted octanol–water partition coefficient (Wildman–Crippen LogP) is 2.41. The Morgan fingerprint density at radius 3 is 2.50 bits per heavy atom. The molecule has 0 saturated carbocycles. The Balaban J connectivity index is 2.17. The number of sulfonamides is 1. The molecule has 0 saturated heterocycles. The van der Waals surface area contributed by atoms with E-state index in [1.165, 1.54) is 0 Å². The van der Waals surface area contributed by atoms with Gasteiger partial charge in [0.25, 0.3) is 10.0 Å². The number of nitrogens with zero attached hydrogens (tertiary/aromatic N) is 1. The van der Waals surface area contributed by atoms with Crippen LogP contribution < -0.4 is 0 Å². The lowest BCUT2D eigenvalue weighted by Gasteiger charge is -2.17. The molecule has 0 amide bonds. The lowest BCUT2D eigenvalue weighted by atomic mass is 10.2. The van der Waals surface area contributed by atoms with Crippen LogP contribution in [0.2, 0.25) is 0 Å². The van der Waals surface area contributed by atoms with Gasteiger partial charge in [0.15, 0.2) is 0 Å². The van der Waals surface area contributed by atoms with Gasteiger partial charge in [0.1, 0.15) is 5.76 Å². The van der Waals surface area contributed by atoms with E-state index in [2.05, 4.69) is 6.04 Å². The van der Waals surface area contributed by atoms with Crippen molar-refractivity contribution < 1.29 is 12.8 Å². The average Bonchev–Trinajstić information content (AvgIpc) is 2.93. The van der Waals surface area contributed by atoms with Crippen molar-refractivity contribution in [3.05, 3.63) is 54.0 Å². The summed E-state index contributed by atoms with van der Waals surface area (Å²) in [6.07, 6.45) is 7.31. The molecule has 2 rings (SSSR count). The van der Waals surface area contributed by atoms with Gasteiger partial charge >= 0.3 is 0 Å². The van der Waals surface area contributed by atoms with Crippen LogP contribution in [0.15, 0.2) is 52.0 Å². The second-order valence-corrected chi connectivity index (χ2v) is 6.21. The van der Waals surface area contributed by atoms with Crippen LogP contribution in [0.4, 0.5) is 0 Å². The van der Waals surface area contributed by atoms with Crippen LogP contribution in [0, 0.1) is 19.4 Å². The fraction of sp³-hybridized carbons (Fsp3) is 0.200. The molecule has 0 fully saturated rings. The summed E-state index contributed by atoms with van der Waals surface area (Å²) in [4.78, 5) is 0.195. The molecule has 104 valence electrons. The van der Waals surface area contributed by atoms with Crippen LogP contribution in [0.3, 0.4) is 0 Å². The van der Waals surface area contributed by atoms with E-state index in [1.807, 2.05) is 6.92 Å². The zero-order valence-electron chi connectivity index (χ0n) is 11.1. The summed E-state index contributed by atoms with van der Waals surface area (Å²) >= 11 is 0. The third-order valence-electron chi connectivity index (χ3n) is 2.89. The van der Waals surface area contributed by atoms with Gasteiger partial charge in [0.2, 0.25) is 0 Å². The molecule has 5 heteroatoms. The SMILES string of the molecule is C#CN(CCc1ccco1)S(=O)(=O)c1ccc(C)cc1. The molecule has 0 atom stereocenters. The van der Waals surface area contributed by atoms with Crippen LogP contribution in [0.25, 0.3) is 0 Å². The zero-order valence-corrected chi connectivity index (χ0v) is 11.9. The lowest BCUT2D eigenvalue weighted by Crippen LogP contribution is -2.28. The molecule has 0 bridgehead atoms. The first-order chi connectivity index (χ1) is 9.54. The van der Waals surface area contributed by atoms with Gasteiger partial charge in [0.05, 0.1) is 11.2 Å². The maximum atomic E-state index is 12.4. The van der Waals surface area contributed by atoms with Gasteiger partial charge in [-0.1, -0.05) is 24.1 Å². The molecule has 0 aliphatic rings. The Morgan fingerprint density at radius 2 is 1.95 bits per heavy atom. The van der Waals surface area contributed by atoms with Crippen molar-refractivity contribution in [2.45, 2.75) is 18.2 Å². The van der Waals surface area contributed by atoms with Crippen molar-refractivity contribution in [2.24, 2.45) is 0 Å². The fourth-order valence-corrected chi connectivity index (χ4v) is 2.96. The van der Waals surface area contributed by atoms with E-state index in [0.717, 1.165) is 9.87 Å². The second kappa shape index (κ2) is 5.85. The van der Waals surface area contributed by atoms with Crippen molar-refractivity contribution in [3.8, 4) is 12.5 Å². The molecule has 0 aliphatic heterocycles. The highest BCUT2D eigenvalue weighted by Gasteiger charge is 2.21. The Labute approximate surface area is 119 Å². The summed E-state index contributed by atoms with van der Waals surface area (Å²) in [6.45, 7) is 2.08. The highest BCUT2D eigenvalue weighted by molar-refractivity contribution is 7.89. The number of benzene rings is 1. The third-order valence-corrected chi connectivity index (χ3v) is 4.63. The van der Waals surface area contributed by atoms with Gasteiger partial charge < -0.3 is 4.42 Å². The first kappa shape index (κ1) is 14.2. The lowest BCUT2D eigenvalue weighted by molar-refractivity contribution is 0.468. The molecular weight excluding hydrogens is 274 g/mol. The number of hydrogen-bond donors (Lipinski definition) is 0. The maximum absolute atomic E-state index is 12.4. The van der Waals surface area contributed by atoms with Crippen LogP contribution in [0.5, 0.6) is 0 Å². The molecule has 1 aromatic heterocycles. The Kier molecular flexibility index (Phi) is 4.16. The monoisotopic (exact) mass is 289 g/mol. The number of rotatable bonds is 5. The number of hydrogen-bond acceptors (Lipinski definition) is 3. The van der Waals surface area contributed by atoms with E-state index in [0.29, 0.717) is 12.2 Å².